The van der Waals surface area contributed by atoms with Gasteiger partial charge in [0.05, 0.1) is 0 Å². The second kappa shape index (κ2) is 9.59. The largest absolute Gasteiger partial charge is 0.455 e. The van der Waals surface area contributed by atoms with Crippen LogP contribution in [-0.4, -0.2) is 12.1 Å². The molecule has 0 fully saturated rings. The summed E-state index contributed by atoms with van der Waals surface area (Å²) < 4.78 is 7.16. The van der Waals surface area contributed by atoms with Crippen LogP contribution in [0.1, 0.15) is 58.3 Å². The van der Waals surface area contributed by atoms with E-state index in [2.05, 4.69) is 32.7 Å². The summed E-state index contributed by atoms with van der Waals surface area (Å²) >= 11 is 2.26. The molecule has 1 atom stereocenters. The van der Waals surface area contributed by atoms with Gasteiger partial charge in [-0.2, -0.15) is 0 Å². The number of cyclic esters (lactones) is 1. The summed E-state index contributed by atoms with van der Waals surface area (Å²) in [5.74, 6) is -0.104. The van der Waals surface area contributed by atoms with Crippen molar-refractivity contribution in [3.63, 3.8) is 0 Å². The van der Waals surface area contributed by atoms with E-state index in [1.165, 1.54) is 38.5 Å². The first-order valence-corrected chi connectivity index (χ1v) is 8.15. The molecule has 0 unspecified atom stereocenters. The van der Waals surface area contributed by atoms with Gasteiger partial charge < -0.3 is 4.74 Å². The van der Waals surface area contributed by atoms with Gasteiger partial charge in [0.15, 0.2) is 0 Å². The lowest BCUT2D eigenvalue weighted by atomic mass is 10.0. The third kappa shape index (κ3) is 6.57. The first-order valence-electron chi connectivity index (χ1n) is 6.91. The lowest BCUT2D eigenvalue weighted by Crippen LogP contribution is -2.03. The van der Waals surface area contributed by atoms with Crippen molar-refractivity contribution in [2.45, 2.75) is 64.4 Å². The first-order chi connectivity index (χ1) is 8.74. The molecule has 1 heterocycles. The Hall–Kier alpha value is -0.320. The summed E-state index contributed by atoms with van der Waals surface area (Å²) in [4.78, 5) is 11.4. The maximum atomic E-state index is 11.4. The molecule has 1 aliphatic rings. The molecular weight excluding hydrogens is 339 g/mol. The van der Waals surface area contributed by atoms with Crippen LogP contribution in [-0.2, 0) is 9.53 Å². The molecule has 3 heteroatoms. The molecule has 0 saturated carbocycles. The van der Waals surface area contributed by atoms with E-state index >= 15 is 0 Å². The maximum absolute atomic E-state index is 11.4. The minimum absolute atomic E-state index is 0.0153. The molecule has 0 aromatic carbocycles. The first kappa shape index (κ1) is 15.7. The number of unbranched alkanes of at least 4 members (excludes halogenated alkanes) is 6. The number of rotatable bonds is 9. The van der Waals surface area contributed by atoms with Crippen molar-refractivity contribution < 1.29 is 9.53 Å². The van der Waals surface area contributed by atoms with Gasteiger partial charge in [0, 0.05) is 5.57 Å². The van der Waals surface area contributed by atoms with Gasteiger partial charge in [0.2, 0.25) is 0 Å². The number of carbonyl (C=O) groups excluding carboxylic acids is 1. The van der Waals surface area contributed by atoms with Crippen LogP contribution in [0.5, 0.6) is 0 Å². The Morgan fingerprint density at radius 1 is 1.22 bits per heavy atom. The minimum Gasteiger partial charge on any atom is -0.455 e. The van der Waals surface area contributed by atoms with E-state index in [1.807, 2.05) is 13.0 Å². The van der Waals surface area contributed by atoms with E-state index < -0.39 is 0 Å². The van der Waals surface area contributed by atoms with E-state index in [0.717, 1.165) is 18.4 Å². The summed E-state index contributed by atoms with van der Waals surface area (Å²) in [6.07, 6.45) is 13.8. The second-order valence-electron chi connectivity index (χ2n) is 4.82. The van der Waals surface area contributed by atoms with Crippen LogP contribution in [0.15, 0.2) is 21.8 Å². The molecule has 0 N–H and O–H groups in total. The number of hydrogen-bond donors (Lipinski definition) is 0. The third-order valence-electron chi connectivity index (χ3n) is 3.15. The average molecular weight is 362 g/mol. The van der Waals surface area contributed by atoms with E-state index in [4.69, 9.17) is 4.74 Å². The molecular formula is C15H23IO2. The van der Waals surface area contributed by atoms with Gasteiger partial charge in [-0.05, 0) is 42.8 Å². The molecule has 0 spiro atoms. The molecule has 102 valence electrons. The van der Waals surface area contributed by atoms with Crippen molar-refractivity contribution in [1.29, 1.82) is 0 Å². The number of halogens is 1. The lowest BCUT2D eigenvalue weighted by molar-refractivity contribution is -0.139. The molecule has 0 bridgehead atoms. The summed E-state index contributed by atoms with van der Waals surface area (Å²) in [6, 6.07) is 0. The van der Waals surface area contributed by atoms with Crippen LogP contribution in [0.3, 0.4) is 0 Å². The quantitative estimate of drug-likeness (QED) is 0.330. The fourth-order valence-corrected chi connectivity index (χ4v) is 2.52. The van der Waals surface area contributed by atoms with Gasteiger partial charge in [0.25, 0.3) is 0 Å². The van der Waals surface area contributed by atoms with Gasteiger partial charge in [-0.25, -0.2) is 4.79 Å². The van der Waals surface area contributed by atoms with Gasteiger partial charge in [-0.1, -0.05) is 54.4 Å². The Balaban J connectivity index is 1.93. The van der Waals surface area contributed by atoms with Crippen molar-refractivity contribution >= 4 is 28.6 Å². The van der Waals surface area contributed by atoms with E-state index in [1.54, 1.807) is 0 Å². The van der Waals surface area contributed by atoms with Crippen LogP contribution in [0.4, 0.5) is 0 Å². The van der Waals surface area contributed by atoms with E-state index in [-0.39, 0.29) is 12.1 Å². The molecule has 1 aliphatic heterocycles. The summed E-state index contributed by atoms with van der Waals surface area (Å²) in [6.45, 7) is 1.91. The molecule has 0 aromatic rings. The highest BCUT2D eigenvalue weighted by atomic mass is 127. The number of allylic oxidation sites excluding steroid dienone is 1. The van der Waals surface area contributed by atoms with Crippen LogP contribution >= 0.6 is 22.6 Å². The third-order valence-corrected chi connectivity index (χ3v) is 3.66. The predicted molar refractivity (Wildman–Crippen MR) is 83.7 cm³/mol. The van der Waals surface area contributed by atoms with Gasteiger partial charge in [0.1, 0.15) is 6.10 Å². The van der Waals surface area contributed by atoms with Crippen molar-refractivity contribution in [2.75, 3.05) is 0 Å². The number of esters is 1. The Morgan fingerprint density at radius 3 is 2.50 bits per heavy atom. The van der Waals surface area contributed by atoms with Crippen LogP contribution in [0.25, 0.3) is 0 Å². The summed E-state index contributed by atoms with van der Waals surface area (Å²) in [7, 11) is 0. The zero-order chi connectivity index (χ0) is 13.2. The van der Waals surface area contributed by atoms with Gasteiger partial charge >= 0.3 is 5.97 Å². The number of hydrogen-bond acceptors (Lipinski definition) is 2. The molecule has 2 nitrogen and oxygen atoms in total. The van der Waals surface area contributed by atoms with Crippen molar-refractivity contribution in [3.8, 4) is 0 Å². The average Bonchev–Trinajstić information content (AvgIpc) is 2.66. The van der Waals surface area contributed by atoms with Gasteiger partial charge in [-0.15, -0.1) is 0 Å². The van der Waals surface area contributed by atoms with Crippen molar-refractivity contribution in [3.05, 3.63) is 21.8 Å². The molecule has 0 aromatic heterocycles. The Kier molecular flexibility index (Phi) is 8.38. The SMILES string of the molecule is C[C@H]1C=C(CCCCCCCC/C=C/I)C(=O)O1. The molecule has 18 heavy (non-hydrogen) atoms. The van der Waals surface area contributed by atoms with Crippen LogP contribution in [0, 0.1) is 0 Å². The zero-order valence-corrected chi connectivity index (χ0v) is 13.3. The summed E-state index contributed by atoms with van der Waals surface area (Å²) in [5.41, 5.74) is 0.884. The molecule has 0 amide bonds. The highest BCUT2D eigenvalue weighted by Gasteiger charge is 2.20. The predicted octanol–water partition coefficient (Wildman–Crippen LogP) is 4.93. The molecule has 1 rings (SSSR count). The maximum Gasteiger partial charge on any atom is 0.334 e. The minimum atomic E-state index is -0.104. The molecule has 0 saturated heterocycles. The standard InChI is InChI=1S/C15H23IO2/c1-13-12-14(15(17)18-13)10-8-6-4-2-3-5-7-9-11-16/h9,11-13H,2-8,10H2,1H3/b11-9+/t13-/m0/s1. The number of ether oxygens (including phenoxy) is 1. The summed E-state index contributed by atoms with van der Waals surface area (Å²) in [5, 5.41) is 0. The Bertz CT molecular complexity index is 308. The fraction of sp³-hybridized carbons (Fsp3) is 0.667. The molecule has 0 radical (unpaired) electrons. The normalized spacial score (nSPS) is 19.3. The van der Waals surface area contributed by atoms with Crippen molar-refractivity contribution in [2.24, 2.45) is 0 Å². The van der Waals surface area contributed by atoms with Crippen LogP contribution in [0.2, 0.25) is 0 Å². The topological polar surface area (TPSA) is 26.3 Å². The Labute approximate surface area is 124 Å². The lowest BCUT2D eigenvalue weighted by Gasteiger charge is -2.01. The Morgan fingerprint density at radius 2 is 1.89 bits per heavy atom. The highest BCUT2D eigenvalue weighted by molar-refractivity contribution is 14.1. The fourth-order valence-electron chi connectivity index (χ4n) is 2.16. The highest BCUT2D eigenvalue weighted by Crippen LogP contribution is 2.19. The monoisotopic (exact) mass is 362 g/mol. The zero-order valence-electron chi connectivity index (χ0n) is 11.2. The van der Waals surface area contributed by atoms with Crippen LogP contribution < -0.4 is 0 Å². The second-order valence-corrected chi connectivity index (χ2v) is 5.54. The van der Waals surface area contributed by atoms with E-state index in [9.17, 15) is 4.79 Å². The molecule has 0 aliphatic carbocycles. The smallest absolute Gasteiger partial charge is 0.334 e. The van der Waals surface area contributed by atoms with Crippen molar-refractivity contribution in [1.82, 2.24) is 0 Å². The van der Waals surface area contributed by atoms with Gasteiger partial charge in [-0.3, -0.25) is 0 Å². The van der Waals surface area contributed by atoms with E-state index in [0.29, 0.717) is 0 Å². The number of carbonyl (C=O) groups is 1.